The van der Waals surface area contributed by atoms with Gasteiger partial charge in [0.1, 0.15) is 43.5 Å². The van der Waals surface area contributed by atoms with Gasteiger partial charge in [0.2, 0.25) is 11.7 Å². The molecule has 18 nitrogen and oxygen atoms in total. The summed E-state index contributed by atoms with van der Waals surface area (Å²) in [5.74, 6) is -6.90. The number of fused-ring (bicyclic) bond motifs is 4. The Hall–Kier alpha value is -5.82. The topological polar surface area (TPSA) is 235 Å². The highest BCUT2D eigenvalue weighted by atomic mass is 16.6. The van der Waals surface area contributed by atoms with E-state index in [1.165, 1.54) is 32.9 Å². The SMILES string of the molecule is [CH2+]C(C)(C)OC(=O)N[C@@H](c1ccccc1)[C@@H](OC(=O)COCCOCCC)C(=O)O[C@H]1C[C@@]2(O)[C@@H](OC(=O)c3ccccc3)[C@@H]3[C@]4(OC(C)=O)CO[C@@H]4C[C@@H]4C[C@@]43C(=O)[C@H](OC(C)=O)C(=C1C)C2(C)C. The first-order valence-corrected chi connectivity index (χ1v) is 23.7. The number of nitrogens with one attached hydrogen (secondary N) is 1. The van der Waals surface area contributed by atoms with Gasteiger partial charge in [-0.05, 0) is 60.9 Å². The van der Waals surface area contributed by atoms with Crippen LogP contribution in [-0.2, 0) is 66.6 Å². The van der Waals surface area contributed by atoms with Crippen molar-refractivity contribution in [2.24, 2.45) is 22.7 Å². The van der Waals surface area contributed by atoms with Gasteiger partial charge in [-0.3, -0.25) is 14.4 Å². The number of carbonyl (C=O) groups is 7. The Balaban J connectivity index is 1.36. The van der Waals surface area contributed by atoms with Gasteiger partial charge >= 0.3 is 35.9 Å². The van der Waals surface area contributed by atoms with Gasteiger partial charge in [-0.1, -0.05) is 69.3 Å². The molecule has 5 aliphatic rings. The van der Waals surface area contributed by atoms with Crippen molar-refractivity contribution in [1.82, 2.24) is 5.32 Å². The highest BCUT2D eigenvalue weighted by molar-refractivity contribution is 5.98. The number of carbonyl (C=O) groups excluding carboxylic acids is 7. The smallest absolute Gasteiger partial charge is 0.411 e. The van der Waals surface area contributed by atoms with Crippen molar-refractivity contribution < 1.29 is 81.3 Å². The van der Waals surface area contributed by atoms with Crippen LogP contribution in [-0.4, -0.2) is 127 Å². The van der Waals surface area contributed by atoms with Gasteiger partial charge < -0.3 is 53.1 Å². The summed E-state index contributed by atoms with van der Waals surface area (Å²) in [6.07, 6.45) is -7.86. The Morgan fingerprint density at radius 1 is 0.900 bits per heavy atom. The second kappa shape index (κ2) is 20.1. The third-order valence-corrected chi connectivity index (χ3v) is 14.3. The molecule has 70 heavy (non-hydrogen) atoms. The largest absolute Gasteiger partial charge is 0.455 e. The molecule has 1 heterocycles. The normalized spacial score (nSPS) is 30.2. The lowest BCUT2D eigenvalue weighted by molar-refractivity contribution is -0.323. The van der Waals surface area contributed by atoms with Crippen LogP contribution in [0.1, 0.15) is 103 Å². The first-order valence-electron chi connectivity index (χ1n) is 23.7. The molecular formula is C52H64NO17+. The summed E-state index contributed by atoms with van der Waals surface area (Å²) in [7, 11) is 0. The molecule has 4 aliphatic carbocycles. The highest BCUT2D eigenvalue weighted by Gasteiger charge is 2.84. The summed E-state index contributed by atoms with van der Waals surface area (Å²) in [4.78, 5) is 98.6. The minimum atomic E-state index is -2.33. The Labute approximate surface area is 407 Å². The molecule has 1 spiro atoms. The summed E-state index contributed by atoms with van der Waals surface area (Å²) in [6, 6.07) is 14.7. The number of hydrogen-bond acceptors (Lipinski definition) is 17. The van der Waals surface area contributed by atoms with Crippen LogP contribution >= 0.6 is 0 Å². The zero-order valence-corrected chi connectivity index (χ0v) is 40.9. The van der Waals surface area contributed by atoms with E-state index in [4.69, 9.17) is 42.6 Å². The van der Waals surface area contributed by atoms with Gasteiger partial charge in [0.25, 0.3) is 0 Å². The van der Waals surface area contributed by atoms with Crippen molar-refractivity contribution in [2.45, 2.75) is 134 Å². The van der Waals surface area contributed by atoms with E-state index in [2.05, 4.69) is 12.2 Å². The predicted octanol–water partition coefficient (Wildman–Crippen LogP) is 5.28. The van der Waals surface area contributed by atoms with Gasteiger partial charge in [0.15, 0.2) is 17.5 Å². The number of alkyl carbamates (subject to hydrolysis) is 1. The van der Waals surface area contributed by atoms with Crippen LogP contribution in [0.15, 0.2) is 71.8 Å². The number of aliphatic hydroxyl groups is 1. The zero-order valence-electron chi connectivity index (χ0n) is 40.9. The zero-order chi connectivity index (χ0) is 51.0. The molecule has 1 amide bonds. The van der Waals surface area contributed by atoms with Crippen LogP contribution < -0.4 is 5.32 Å². The molecular weight excluding hydrogens is 911 g/mol. The number of hydrogen-bond donors (Lipinski definition) is 2. The molecule has 1 saturated heterocycles. The third kappa shape index (κ3) is 9.92. The number of ether oxygens (including phenoxy) is 9. The van der Waals surface area contributed by atoms with E-state index in [1.54, 1.807) is 69.3 Å². The molecule has 2 N–H and O–H groups in total. The van der Waals surface area contributed by atoms with Crippen LogP contribution in [0.5, 0.6) is 0 Å². The molecule has 1 aliphatic heterocycles. The van der Waals surface area contributed by atoms with Crippen LogP contribution in [0.2, 0.25) is 0 Å². The van der Waals surface area contributed by atoms with E-state index in [1.807, 2.05) is 6.92 Å². The van der Waals surface area contributed by atoms with E-state index in [9.17, 15) is 29.1 Å². The molecule has 11 atom stereocenters. The fraction of sp³-hybridized carbons (Fsp3) is 0.577. The maximum atomic E-state index is 15.7. The number of rotatable bonds is 18. The lowest BCUT2D eigenvalue weighted by Gasteiger charge is -2.64. The monoisotopic (exact) mass is 974 g/mol. The fourth-order valence-electron chi connectivity index (χ4n) is 11.2. The molecule has 0 aromatic heterocycles. The van der Waals surface area contributed by atoms with E-state index in [-0.39, 0.29) is 54.9 Å². The van der Waals surface area contributed by atoms with Crippen molar-refractivity contribution >= 4 is 41.7 Å². The van der Waals surface area contributed by atoms with Crippen LogP contribution in [0.25, 0.3) is 0 Å². The predicted molar refractivity (Wildman–Crippen MR) is 245 cm³/mol. The molecule has 3 saturated carbocycles. The molecule has 0 radical (unpaired) electrons. The maximum Gasteiger partial charge on any atom is 0.411 e. The van der Waals surface area contributed by atoms with Crippen LogP contribution in [0, 0.1) is 29.6 Å². The summed E-state index contributed by atoms with van der Waals surface area (Å²) >= 11 is 0. The lowest BCUT2D eigenvalue weighted by Crippen LogP contribution is -2.78. The van der Waals surface area contributed by atoms with Gasteiger partial charge in [0.05, 0.1) is 31.3 Å². The van der Waals surface area contributed by atoms with Crippen molar-refractivity contribution in [1.29, 1.82) is 0 Å². The average molecular weight is 975 g/mol. The van der Waals surface area contributed by atoms with Gasteiger partial charge in [-0.15, -0.1) is 0 Å². The second-order valence-electron chi connectivity index (χ2n) is 20.1. The van der Waals surface area contributed by atoms with Crippen molar-refractivity contribution in [3.8, 4) is 0 Å². The van der Waals surface area contributed by atoms with E-state index >= 15 is 9.59 Å². The Bertz CT molecular complexity index is 2360. The minimum absolute atomic E-state index is 0.0194. The summed E-state index contributed by atoms with van der Waals surface area (Å²) in [5, 5.41) is 16.6. The van der Waals surface area contributed by atoms with Crippen LogP contribution in [0.3, 0.4) is 0 Å². The lowest BCUT2D eigenvalue weighted by atomic mass is 9.48. The van der Waals surface area contributed by atoms with E-state index < -0.39 is 131 Å². The first kappa shape index (κ1) is 52.0. The molecule has 2 aromatic carbocycles. The van der Waals surface area contributed by atoms with Crippen molar-refractivity contribution in [3.63, 3.8) is 0 Å². The van der Waals surface area contributed by atoms with Gasteiger partial charge in [0, 0.05) is 51.6 Å². The molecule has 4 fully saturated rings. The van der Waals surface area contributed by atoms with Crippen LogP contribution in [0.4, 0.5) is 4.79 Å². The highest BCUT2D eigenvalue weighted by Crippen LogP contribution is 2.74. The molecule has 2 bridgehead atoms. The van der Waals surface area contributed by atoms with Gasteiger partial charge in [-0.2, -0.15) is 0 Å². The number of amides is 1. The van der Waals surface area contributed by atoms with Gasteiger partial charge in [-0.25, -0.2) is 19.2 Å². The number of Topliss-reactive ketones (excluding diaryl/α,β-unsaturated/α-hetero) is 1. The van der Waals surface area contributed by atoms with Crippen molar-refractivity contribution in [3.05, 3.63) is 89.9 Å². The van der Waals surface area contributed by atoms with E-state index in [0.29, 0.717) is 6.61 Å². The molecule has 0 unspecified atom stereocenters. The van der Waals surface area contributed by atoms with Crippen molar-refractivity contribution in [2.75, 3.05) is 33.0 Å². The Morgan fingerprint density at radius 2 is 1.56 bits per heavy atom. The molecule has 2 aromatic rings. The number of benzene rings is 2. The third-order valence-electron chi connectivity index (χ3n) is 14.3. The average Bonchev–Trinajstić information content (AvgIpc) is 4.02. The maximum absolute atomic E-state index is 15.7. The summed E-state index contributed by atoms with van der Waals surface area (Å²) < 4.78 is 53.4. The summed E-state index contributed by atoms with van der Waals surface area (Å²) in [6.45, 7) is 15.8. The second-order valence-corrected chi connectivity index (χ2v) is 20.1. The van der Waals surface area contributed by atoms with E-state index in [0.717, 1.165) is 13.3 Å². The Morgan fingerprint density at radius 3 is 2.16 bits per heavy atom. The summed E-state index contributed by atoms with van der Waals surface area (Å²) in [5.41, 5.74) is -7.56. The fourth-order valence-corrected chi connectivity index (χ4v) is 11.2. The quantitative estimate of drug-likeness (QED) is 0.0636. The molecule has 378 valence electrons. The number of esters is 5. The minimum Gasteiger partial charge on any atom is -0.455 e. The number of ketones is 1. The first-order chi connectivity index (χ1) is 33.0. The molecule has 7 rings (SSSR count). The standard InChI is InChI=1S/C52H63NO17/c1-10-21-62-22-23-63-27-37(56)67-41(39(32-17-13-11-14-18-32)53-47(60)70-48(5,6)7)46(59)66-35-26-52(61)44(68-45(58)33-19-15-12-16-20-33)42-50(25-34(50)24-36-51(42,28-64-36)69-31(4)55)43(57)40(65-30(3)54)38(29(35)2)49(52,8)9/h11-20,34-36,39-42,44,61H,5,10,21-28H2,1-4,6-9H3/p+1/t34-,35+,36-,39+,40-,41-,42+,44+,50-,51+,52-/m1/s1. The Kier molecular flexibility index (Phi) is 15.0. The molecule has 18 heteroatoms.